The minimum Gasteiger partial charge on any atom is -0.442 e. The smallest absolute Gasteiger partial charge is 0.434 e. The van der Waals surface area contributed by atoms with Crippen LogP contribution >= 0.6 is 0 Å². The molecule has 1 N–H and O–H groups in total. The topological polar surface area (TPSA) is 81.6 Å². The van der Waals surface area contributed by atoms with Crippen LogP contribution in [0.1, 0.15) is 40.5 Å². The molecule has 26 heavy (non-hydrogen) atoms. The number of ether oxygens (including phenoxy) is 1. The van der Waals surface area contributed by atoms with Gasteiger partial charge in [-0.05, 0) is 45.4 Å². The molecule has 3 rings (SSSR count). The van der Waals surface area contributed by atoms with E-state index in [1.165, 1.54) is 0 Å². The molecule has 0 bridgehead atoms. The number of rotatable bonds is 3. The van der Waals surface area contributed by atoms with Crippen molar-refractivity contribution in [2.45, 2.75) is 52.7 Å². The number of carbonyl (C=O) groups is 1. The number of amides is 1. The van der Waals surface area contributed by atoms with Crippen LogP contribution in [-0.2, 0) is 11.3 Å². The highest BCUT2D eigenvalue weighted by atomic mass is 16.6. The highest BCUT2D eigenvalue weighted by Gasteiger charge is 2.16. The quantitative estimate of drug-likeness (QED) is 0.723. The van der Waals surface area contributed by atoms with Crippen molar-refractivity contribution in [1.82, 2.24) is 14.3 Å². The van der Waals surface area contributed by atoms with Crippen molar-refractivity contribution in [3.05, 3.63) is 36.0 Å². The molecule has 0 aromatic carbocycles. The van der Waals surface area contributed by atoms with Gasteiger partial charge in [0.15, 0.2) is 0 Å². The van der Waals surface area contributed by atoms with E-state index >= 15 is 0 Å². The largest absolute Gasteiger partial charge is 0.442 e. The van der Waals surface area contributed by atoms with Gasteiger partial charge in [0.25, 0.3) is 0 Å². The minimum atomic E-state index is -0.666. The molecule has 1 amide bonds. The van der Waals surface area contributed by atoms with Gasteiger partial charge in [0, 0.05) is 18.9 Å². The van der Waals surface area contributed by atoms with Crippen molar-refractivity contribution in [2.75, 3.05) is 0 Å². The Bertz CT molecular complexity index is 979. The van der Waals surface area contributed by atoms with E-state index in [0.29, 0.717) is 27.8 Å². The molecule has 0 unspecified atom stereocenters. The molecule has 2 heterocycles. The average molecular weight is 356 g/mol. The molecule has 0 atom stereocenters. The second-order valence-corrected chi connectivity index (χ2v) is 7.31. The van der Waals surface area contributed by atoms with Crippen molar-refractivity contribution >= 4 is 17.1 Å². The molecule has 2 aliphatic rings. The lowest BCUT2D eigenvalue weighted by molar-refractivity contribution is 0.0597. The second kappa shape index (κ2) is 6.82. The fourth-order valence-electron chi connectivity index (χ4n) is 2.70. The van der Waals surface area contributed by atoms with Gasteiger partial charge in [-0.25, -0.2) is 9.78 Å². The zero-order chi connectivity index (χ0) is 18.9. The Morgan fingerprint density at radius 1 is 1.31 bits per heavy atom. The molecule has 0 saturated carbocycles. The van der Waals surface area contributed by atoms with E-state index in [0.717, 1.165) is 24.1 Å². The summed E-state index contributed by atoms with van der Waals surface area (Å²) in [6.07, 6.45) is 5.29. The van der Waals surface area contributed by atoms with Crippen molar-refractivity contribution in [2.24, 2.45) is 4.99 Å². The lowest BCUT2D eigenvalue weighted by Crippen LogP contribution is -2.23. The lowest BCUT2D eigenvalue weighted by atomic mass is 10.2. The maximum atomic E-state index is 11.9. The zero-order valence-electron chi connectivity index (χ0n) is 15.6. The Morgan fingerprint density at radius 3 is 2.77 bits per heavy atom. The van der Waals surface area contributed by atoms with Gasteiger partial charge < -0.3 is 14.5 Å². The number of fused-ring (bicyclic) bond motifs is 2. The Labute approximate surface area is 151 Å². The van der Waals surface area contributed by atoms with Gasteiger partial charge in [0.05, 0.1) is 11.1 Å². The van der Waals surface area contributed by atoms with E-state index in [1.807, 2.05) is 17.0 Å². The van der Waals surface area contributed by atoms with Crippen LogP contribution in [0, 0.1) is 0 Å². The van der Waals surface area contributed by atoms with Crippen molar-refractivity contribution < 1.29 is 14.7 Å². The maximum Gasteiger partial charge on any atom is 0.434 e. The van der Waals surface area contributed by atoms with E-state index < -0.39 is 11.7 Å². The molecule has 0 spiro atoms. The molecule has 0 saturated heterocycles. The van der Waals surface area contributed by atoms with Crippen LogP contribution < -0.4 is 5.36 Å². The summed E-state index contributed by atoms with van der Waals surface area (Å²) in [6, 6.07) is 5.03. The first-order valence-electron chi connectivity index (χ1n) is 8.76. The summed E-state index contributed by atoms with van der Waals surface area (Å²) in [6.45, 7) is 8.37. The summed E-state index contributed by atoms with van der Waals surface area (Å²) in [5.74, 6) is 0. The fraction of sp³-hybridized carbons (Fsp3) is 0.421. The van der Waals surface area contributed by atoms with Crippen LogP contribution in [0.15, 0.2) is 35.6 Å². The van der Waals surface area contributed by atoms with Crippen LogP contribution in [0.3, 0.4) is 0 Å². The molecule has 7 heteroatoms. The van der Waals surface area contributed by atoms with E-state index in [4.69, 9.17) is 4.74 Å². The number of hydrogen-bond donors (Lipinski definition) is 1. The van der Waals surface area contributed by atoms with E-state index in [2.05, 4.69) is 16.9 Å². The third-order valence-electron chi connectivity index (χ3n) is 3.88. The Morgan fingerprint density at radius 2 is 2.08 bits per heavy atom. The summed E-state index contributed by atoms with van der Waals surface area (Å²) in [5.41, 5.74) is 1.83. The molecule has 1 aromatic rings. The number of aromatic nitrogens is 3. The molecule has 1 aromatic heterocycles. The molecule has 7 nitrogen and oxygen atoms in total. The standard InChI is InChI=1S/C19H24N4O3/c1-5-6-9-22-11-15-17(12-22)23(25)16-10-13(7-8-14(16)21-15)20-18(24)26-19(2,3)4/h7-8,10-12,25H,5-6,9H2,1-4H3/b20-13+. The lowest BCUT2D eigenvalue weighted by Gasteiger charge is -2.17. The van der Waals surface area contributed by atoms with E-state index in [9.17, 15) is 10.0 Å². The summed E-state index contributed by atoms with van der Waals surface area (Å²) < 4.78 is 8.32. The molecular formula is C19H24N4O3. The maximum absolute atomic E-state index is 11.9. The number of nitrogens with zero attached hydrogens (tertiary/aromatic N) is 4. The van der Waals surface area contributed by atoms with Crippen LogP contribution in [0.4, 0.5) is 4.79 Å². The third kappa shape index (κ3) is 3.87. The van der Waals surface area contributed by atoms with Crippen molar-refractivity contribution in [1.29, 1.82) is 0 Å². The number of unbranched alkanes of at least 4 members (excludes halogenated alkanes) is 1. The summed E-state index contributed by atoms with van der Waals surface area (Å²) in [7, 11) is 0. The summed E-state index contributed by atoms with van der Waals surface area (Å²) in [4.78, 5) is 20.4. The third-order valence-corrected chi connectivity index (χ3v) is 3.88. The normalized spacial score (nSPS) is 12.8. The van der Waals surface area contributed by atoms with Crippen LogP contribution in [-0.4, -0.2) is 31.2 Å². The van der Waals surface area contributed by atoms with E-state index in [-0.39, 0.29) is 0 Å². The number of hydrogen-bond acceptors (Lipinski definition) is 4. The van der Waals surface area contributed by atoms with Gasteiger partial charge in [-0.1, -0.05) is 13.3 Å². The van der Waals surface area contributed by atoms with E-state index in [1.54, 1.807) is 39.0 Å². The minimum absolute atomic E-state index is 0.404. The highest BCUT2D eigenvalue weighted by molar-refractivity contribution is 5.79. The van der Waals surface area contributed by atoms with Crippen LogP contribution in [0.25, 0.3) is 22.4 Å². The van der Waals surface area contributed by atoms with Gasteiger partial charge in [-0.15, -0.1) is 0 Å². The Balaban J connectivity index is 2.04. The molecule has 0 fully saturated rings. The highest BCUT2D eigenvalue weighted by Crippen LogP contribution is 2.23. The van der Waals surface area contributed by atoms with Gasteiger partial charge in [-0.3, -0.25) is 0 Å². The monoisotopic (exact) mass is 356 g/mol. The molecule has 138 valence electrons. The summed E-state index contributed by atoms with van der Waals surface area (Å²) in [5, 5.41) is 11.0. The first kappa shape index (κ1) is 18.0. The molecular weight excluding hydrogens is 332 g/mol. The predicted molar refractivity (Wildman–Crippen MR) is 98.2 cm³/mol. The molecule has 0 radical (unpaired) electrons. The SMILES string of the molecule is CCCCn1cc2nc3cc/c(=N\C(=O)OC(C)(C)C)cc-3n(O)c2c1. The average Bonchev–Trinajstić information content (AvgIpc) is 2.95. The Hall–Kier alpha value is -2.83. The number of benzene rings is 1. The van der Waals surface area contributed by atoms with Gasteiger partial charge in [0.1, 0.15) is 22.3 Å². The van der Waals surface area contributed by atoms with Crippen LogP contribution in [0.2, 0.25) is 0 Å². The van der Waals surface area contributed by atoms with Crippen molar-refractivity contribution in [3.63, 3.8) is 0 Å². The first-order valence-corrected chi connectivity index (χ1v) is 8.76. The molecule has 1 aliphatic carbocycles. The Kier molecular flexibility index (Phi) is 4.71. The van der Waals surface area contributed by atoms with Gasteiger partial charge >= 0.3 is 6.09 Å². The summed E-state index contributed by atoms with van der Waals surface area (Å²) >= 11 is 0. The first-order chi connectivity index (χ1) is 12.3. The van der Waals surface area contributed by atoms with Crippen molar-refractivity contribution in [3.8, 4) is 11.4 Å². The van der Waals surface area contributed by atoms with Gasteiger partial charge in [-0.2, -0.15) is 9.72 Å². The number of carbonyl (C=O) groups excluding carboxylic acids is 1. The number of aryl methyl sites for hydroxylation is 1. The zero-order valence-corrected chi connectivity index (χ0v) is 15.6. The van der Waals surface area contributed by atoms with Gasteiger partial charge in [0.2, 0.25) is 0 Å². The second-order valence-electron chi connectivity index (χ2n) is 7.31. The van der Waals surface area contributed by atoms with Crippen LogP contribution in [0.5, 0.6) is 0 Å². The molecule has 1 aliphatic heterocycles. The fourth-order valence-corrected chi connectivity index (χ4v) is 2.70. The predicted octanol–water partition coefficient (Wildman–Crippen LogP) is 3.82.